The third-order valence-electron chi connectivity index (χ3n) is 5.60. The second-order valence-corrected chi connectivity index (χ2v) is 7.70. The minimum Gasteiger partial charge on any atom is -0.357 e. The molecule has 2 aromatic carbocycles. The Morgan fingerprint density at radius 1 is 1.00 bits per heavy atom. The smallest absolute Gasteiger partial charge is 0.191 e. The molecule has 0 amide bonds. The molecular formula is C24H31N7. The summed E-state index contributed by atoms with van der Waals surface area (Å²) in [5, 5.41) is 15.3. The summed E-state index contributed by atoms with van der Waals surface area (Å²) in [4.78, 5) is 7.35. The van der Waals surface area contributed by atoms with E-state index in [-0.39, 0.29) is 0 Å². The second kappa shape index (κ2) is 10.7. The molecule has 0 radical (unpaired) electrons. The quantitative estimate of drug-likeness (QED) is 0.435. The Hall–Kier alpha value is -3.19. The Morgan fingerprint density at radius 3 is 2.42 bits per heavy atom. The molecule has 0 spiro atoms. The van der Waals surface area contributed by atoms with Gasteiger partial charge in [0.1, 0.15) is 12.9 Å². The molecule has 1 atom stereocenters. The van der Waals surface area contributed by atoms with Crippen molar-refractivity contribution in [3.05, 3.63) is 78.4 Å². The SMILES string of the molecule is CCNC(=NCc1nncn1-c1ccccc1)NCC(c1ccccc1)N1CCCC1. The summed E-state index contributed by atoms with van der Waals surface area (Å²) in [6.45, 7) is 6.44. The first-order chi connectivity index (χ1) is 15.3. The van der Waals surface area contributed by atoms with Crippen molar-refractivity contribution in [3.8, 4) is 5.69 Å². The van der Waals surface area contributed by atoms with E-state index in [1.165, 1.54) is 18.4 Å². The van der Waals surface area contributed by atoms with Crippen LogP contribution in [-0.4, -0.2) is 51.8 Å². The number of nitrogens with zero attached hydrogens (tertiary/aromatic N) is 5. The maximum absolute atomic E-state index is 4.79. The average molecular weight is 418 g/mol. The summed E-state index contributed by atoms with van der Waals surface area (Å²) >= 11 is 0. The van der Waals surface area contributed by atoms with Gasteiger partial charge in [0.25, 0.3) is 0 Å². The Morgan fingerprint density at radius 2 is 1.71 bits per heavy atom. The summed E-state index contributed by atoms with van der Waals surface area (Å²) in [5.41, 5.74) is 2.38. The number of hydrogen-bond donors (Lipinski definition) is 2. The molecule has 3 aromatic rings. The van der Waals surface area contributed by atoms with Crippen LogP contribution in [-0.2, 0) is 6.54 Å². The first-order valence-electron chi connectivity index (χ1n) is 11.1. The van der Waals surface area contributed by atoms with Crippen LogP contribution in [0, 0.1) is 0 Å². The molecule has 162 valence electrons. The van der Waals surface area contributed by atoms with E-state index in [9.17, 15) is 0 Å². The van der Waals surface area contributed by atoms with Crippen LogP contribution in [0.2, 0.25) is 0 Å². The van der Waals surface area contributed by atoms with E-state index >= 15 is 0 Å². The lowest BCUT2D eigenvalue weighted by atomic mass is 10.1. The van der Waals surface area contributed by atoms with Gasteiger partial charge >= 0.3 is 0 Å². The molecule has 0 bridgehead atoms. The van der Waals surface area contributed by atoms with E-state index in [2.05, 4.69) is 63.0 Å². The van der Waals surface area contributed by atoms with Crippen LogP contribution >= 0.6 is 0 Å². The lowest BCUT2D eigenvalue weighted by molar-refractivity contribution is 0.245. The molecule has 2 heterocycles. The number of rotatable bonds is 8. The Kier molecular flexibility index (Phi) is 7.28. The minimum atomic E-state index is 0.334. The van der Waals surface area contributed by atoms with Gasteiger partial charge in [-0.2, -0.15) is 0 Å². The molecule has 4 rings (SSSR count). The number of hydrogen-bond acceptors (Lipinski definition) is 4. The van der Waals surface area contributed by atoms with Gasteiger partial charge in [-0.1, -0.05) is 48.5 Å². The van der Waals surface area contributed by atoms with Gasteiger partial charge in [0.15, 0.2) is 11.8 Å². The molecular weight excluding hydrogens is 386 g/mol. The van der Waals surface area contributed by atoms with Gasteiger partial charge in [-0.05, 0) is 50.6 Å². The molecule has 31 heavy (non-hydrogen) atoms. The molecule has 7 heteroatoms. The molecule has 0 saturated carbocycles. The van der Waals surface area contributed by atoms with Gasteiger partial charge in [-0.25, -0.2) is 4.99 Å². The van der Waals surface area contributed by atoms with Crippen LogP contribution in [0.5, 0.6) is 0 Å². The zero-order valence-corrected chi connectivity index (χ0v) is 18.1. The molecule has 2 N–H and O–H groups in total. The Labute approximate surface area is 184 Å². The van der Waals surface area contributed by atoms with E-state index in [1.807, 2.05) is 34.9 Å². The standard InChI is InChI=1S/C24H31N7/c1-2-25-24(27-18-23-29-28-19-31(23)21-13-7-4-8-14-21)26-17-22(30-15-9-10-16-30)20-11-5-3-6-12-20/h3-8,11-14,19,22H,2,9-10,15-18H2,1H3,(H2,25,26,27). The summed E-state index contributed by atoms with van der Waals surface area (Å²) in [6.07, 6.45) is 4.28. The van der Waals surface area contributed by atoms with E-state index in [0.29, 0.717) is 12.6 Å². The van der Waals surface area contributed by atoms with E-state index in [4.69, 9.17) is 4.99 Å². The van der Waals surface area contributed by atoms with Crippen molar-refractivity contribution in [3.63, 3.8) is 0 Å². The van der Waals surface area contributed by atoms with Crippen LogP contribution in [0.4, 0.5) is 0 Å². The molecule has 1 aliphatic rings. The number of aliphatic imine (C=N–C) groups is 1. The lowest BCUT2D eigenvalue weighted by Gasteiger charge is -2.29. The van der Waals surface area contributed by atoms with Crippen molar-refractivity contribution in [1.29, 1.82) is 0 Å². The first-order valence-corrected chi connectivity index (χ1v) is 11.1. The zero-order chi connectivity index (χ0) is 21.3. The summed E-state index contributed by atoms with van der Waals surface area (Å²) in [5.74, 6) is 1.60. The van der Waals surface area contributed by atoms with Crippen molar-refractivity contribution in [2.24, 2.45) is 4.99 Å². The highest BCUT2D eigenvalue weighted by molar-refractivity contribution is 5.79. The van der Waals surface area contributed by atoms with Gasteiger partial charge in [-0.3, -0.25) is 9.47 Å². The van der Waals surface area contributed by atoms with E-state index in [1.54, 1.807) is 6.33 Å². The van der Waals surface area contributed by atoms with Gasteiger partial charge in [-0.15, -0.1) is 10.2 Å². The van der Waals surface area contributed by atoms with Crippen LogP contribution in [0.3, 0.4) is 0 Å². The number of likely N-dealkylation sites (tertiary alicyclic amines) is 1. The van der Waals surface area contributed by atoms with Crippen molar-refractivity contribution >= 4 is 5.96 Å². The minimum absolute atomic E-state index is 0.334. The van der Waals surface area contributed by atoms with Gasteiger partial charge in [0.05, 0.1) is 6.04 Å². The molecule has 0 aliphatic carbocycles. The predicted octanol–water partition coefficient (Wildman–Crippen LogP) is 3.16. The second-order valence-electron chi connectivity index (χ2n) is 7.70. The fourth-order valence-corrected chi connectivity index (χ4v) is 4.04. The number of aromatic nitrogens is 3. The summed E-state index contributed by atoms with van der Waals surface area (Å²) < 4.78 is 1.98. The predicted molar refractivity (Wildman–Crippen MR) is 124 cm³/mol. The molecule has 1 unspecified atom stereocenters. The van der Waals surface area contributed by atoms with Crippen molar-refractivity contribution < 1.29 is 0 Å². The van der Waals surface area contributed by atoms with Gasteiger partial charge in [0.2, 0.25) is 0 Å². The summed E-state index contributed by atoms with van der Waals surface area (Å²) in [6, 6.07) is 21.2. The van der Waals surface area contributed by atoms with Crippen molar-refractivity contribution in [2.75, 3.05) is 26.2 Å². The maximum atomic E-state index is 4.79. The topological polar surface area (TPSA) is 70.4 Å². The van der Waals surface area contributed by atoms with Gasteiger partial charge in [0, 0.05) is 18.8 Å². The third kappa shape index (κ3) is 5.49. The largest absolute Gasteiger partial charge is 0.357 e. The maximum Gasteiger partial charge on any atom is 0.191 e. The Bertz CT molecular complexity index is 946. The first kappa shape index (κ1) is 21.1. The van der Waals surface area contributed by atoms with Crippen LogP contribution in [0.1, 0.15) is 37.2 Å². The van der Waals surface area contributed by atoms with E-state index < -0.39 is 0 Å². The zero-order valence-electron chi connectivity index (χ0n) is 18.1. The van der Waals surface area contributed by atoms with Crippen LogP contribution < -0.4 is 10.6 Å². The fourth-order valence-electron chi connectivity index (χ4n) is 4.04. The highest BCUT2D eigenvalue weighted by Crippen LogP contribution is 2.24. The van der Waals surface area contributed by atoms with E-state index in [0.717, 1.165) is 43.7 Å². The average Bonchev–Trinajstić information content (AvgIpc) is 3.51. The summed E-state index contributed by atoms with van der Waals surface area (Å²) in [7, 11) is 0. The molecule has 1 aliphatic heterocycles. The lowest BCUT2D eigenvalue weighted by Crippen LogP contribution is -2.42. The molecule has 1 saturated heterocycles. The molecule has 1 fully saturated rings. The normalized spacial score (nSPS) is 15.7. The highest BCUT2D eigenvalue weighted by Gasteiger charge is 2.23. The number of benzene rings is 2. The van der Waals surface area contributed by atoms with Gasteiger partial charge < -0.3 is 10.6 Å². The molecule has 1 aromatic heterocycles. The van der Waals surface area contributed by atoms with Crippen molar-refractivity contribution in [2.45, 2.75) is 32.4 Å². The van der Waals surface area contributed by atoms with Crippen LogP contribution in [0.25, 0.3) is 5.69 Å². The molecule has 7 nitrogen and oxygen atoms in total. The fraction of sp³-hybridized carbons (Fsp3) is 0.375. The number of nitrogens with one attached hydrogen (secondary N) is 2. The van der Waals surface area contributed by atoms with Crippen LogP contribution in [0.15, 0.2) is 72.0 Å². The highest BCUT2D eigenvalue weighted by atomic mass is 15.3. The number of guanidine groups is 1. The third-order valence-corrected chi connectivity index (χ3v) is 5.60. The van der Waals surface area contributed by atoms with Crippen molar-refractivity contribution in [1.82, 2.24) is 30.3 Å². The number of para-hydroxylation sites is 1. The monoisotopic (exact) mass is 417 g/mol. The Balaban J connectivity index is 1.46.